The summed E-state index contributed by atoms with van der Waals surface area (Å²) in [5.74, 6) is 0.156. The number of halogens is 1. The van der Waals surface area contributed by atoms with E-state index in [0.29, 0.717) is 0 Å². The molecule has 0 saturated carbocycles. The van der Waals surface area contributed by atoms with Gasteiger partial charge >= 0.3 is 0 Å². The van der Waals surface area contributed by atoms with Gasteiger partial charge in [-0.05, 0) is 44.0 Å². The maximum Gasteiger partial charge on any atom is 0.243 e. The molecule has 1 atom stereocenters. The fourth-order valence-electron chi connectivity index (χ4n) is 2.19. The number of carbonyl (C=O) groups is 1. The van der Waals surface area contributed by atoms with Crippen LogP contribution in [0.25, 0.3) is 0 Å². The molecule has 1 amide bonds. The average Bonchev–Trinajstić information content (AvgIpc) is 2.84. The molecule has 1 N–H and O–H groups in total. The van der Waals surface area contributed by atoms with Crippen LogP contribution in [-0.2, 0) is 4.79 Å². The van der Waals surface area contributed by atoms with Crippen molar-refractivity contribution in [2.75, 3.05) is 18.5 Å². The molecule has 1 aliphatic rings. The van der Waals surface area contributed by atoms with Gasteiger partial charge in [0.1, 0.15) is 0 Å². The Balaban J connectivity index is 2.20. The monoisotopic (exact) mass is 296 g/mol. The highest BCUT2D eigenvalue weighted by atomic mass is 79.9. The lowest BCUT2D eigenvalue weighted by Crippen LogP contribution is -2.41. The summed E-state index contributed by atoms with van der Waals surface area (Å²) < 4.78 is 0.997. The maximum absolute atomic E-state index is 12.3. The van der Waals surface area contributed by atoms with Crippen LogP contribution in [-0.4, -0.2) is 25.5 Å². The summed E-state index contributed by atoms with van der Waals surface area (Å²) in [4.78, 5) is 14.0. The number of nitrogens with zero attached hydrogens (tertiary/aromatic N) is 1. The normalized spacial score (nSPS) is 19.4. The number of likely N-dealkylation sites (N-methyl/N-ethyl adjacent to an activating group) is 1. The van der Waals surface area contributed by atoms with Gasteiger partial charge in [0, 0.05) is 17.2 Å². The second kappa shape index (κ2) is 5.19. The highest BCUT2D eigenvalue weighted by Crippen LogP contribution is 2.24. The molecular weight excluding hydrogens is 280 g/mol. The van der Waals surface area contributed by atoms with Crippen LogP contribution in [0.4, 0.5) is 5.69 Å². The van der Waals surface area contributed by atoms with Crippen LogP contribution in [0.2, 0.25) is 0 Å². The van der Waals surface area contributed by atoms with Crippen molar-refractivity contribution in [2.24, 2.45) is 0 Å². The Morgan fingerprint density at radius 2 is 2.29 bits per heavy atom. The van der Waals surface area contributed by atoms with Crippen LogP contribution in [0.5, 0.6) is 0 Å². The predicted molar refractivity (Wildman–Crippen MR) is 73.3 cm³/mol. The Bertz CT molecular complexity index is 427. The Hall–Kier alpha value is -0.870. The molecule has 0 radical (unpaired) electrons. The lowest BCUT2D eigenvalue weighted by atomic mass is 10.1. The van der Waals surface area contributed by atoms with Crippen LogP contribution < -0.4 is 10.2 Å². The zero-order valence-corrected chi connectivity index (χ0v) is 11.8. The van der Waals surface area contributed by atoms with E-state index in [-0.39, 0.29) is 11.9 Å². The smallest absolute Gasteiger partial charge is 0.243 e. The second-order valence-electron chi connectivity index (χ2n) is 4.48. The van der Waals surface area contributed by atoms with Crippen molar-refractivity contribution in [3.63, 3.8) is 0 Å². The zero-order valence-electron chi connectivity index (χ0n) is 10.2. The Morgan fingerprint density at radius 3 is 2.94 bits per heavy atom. The zero-order chi connectivity index (χ0) is 12.4. The lowest BCUT2D eigenvalue weighted by molar-refractivity contribution is -0.119. The Kier molecular flexibility index (Phi) is 3.84. The van der Waals surface area contributed by atoms with Gasteiger partial charge in [0.25, 0.3) is 0 Å². The van der Waals surface area contributed by atoms with Crippen LogP contribution >= 0.6 is 15.9 Å². The van der Waals surface area contributed by atoms with Gasteiger partial charge < -0.3 is 10.2 Å². The van der Waals surface area contributed by atoms with Gasteiger partial charge in [-0.2, -0.15) is 0 Å². The number of rotatable bonds is 2. The SMILES string of the molecule is Cc1ccc(Br)cc1N(C)C(=O)C1CCCN1. The van der Waals surface area contributed by atoms with E-state index in [1.165, 1.54) is 0 Å². The fourth-order valence-corrected chi connectivity index (χ4v) is 2.54. The first-order chi connectivity index (χ1) is 8.09. The summed E-state index contributed by atoms with van der Waals surface area (Å²) in [5, 5.41) is 3.24. The number of hydrogen-bond donors (Lipinski definition) is 1. The first-order valence-electron chi connectivity index (χ1n) is 5.86. The minimum absolute atomic E-state index is 0.0154. The average molecular weight is 297 g/mol. The number of hydrogen-bond acceptors (Lipinski definition) is 2. The van der Waals surface area contributed by atoms with E-state index in [1.807, 2.05) is 32.2 Å². The van der Waals surface area contributed by atoms with Crippen molar-refractivity contribution >= 4 is 27.5 Å². The van der Waals surface area contributed by atoms with E-state index >= 15 is 0 Å². The van der Waals surface area contributed by atoms with Crippen LogP contribution in [0.3, 0.4) is 0 Å². The minimum Gasteiger partial charge on any atom is -0.314 e. The standard InChI is InChI=1S/C13H17BrN2O/c1-9-5-6-10(14)8-12(9)16(2)13(17)11-4-3-7-15-11/h5-6,8,11,15H,3-4,7H2,1-2H3. The van der Waals surface area contributed by atoms with Crippen molar-refractivity contribution in [2.45, 2.75) is 25.8 Å². The van der Waals surface area contributed by atoms with Crippen molar-refractivity contribution < 1.29 is 4.79 Å². The molecule has 2 rings (SSSR count). The molecule has 0 spiro atoms. The van der Waals surface area contributed by atoms with E-state index in [9.17, 15) is 4.79 Å². The van der Waals surface area contributed by atoms with Crippen molar-refractivity contribution in [1.82, 2.24) is 5.32 Å². The molecule has 1 aromatic carbocycles. The molecule has 1 heterocycles. The van der Waals surface area contributed by atoms with Crippen LogP contribution in [0.15, 0.2) is 22.7 Å². The van der Waals surface area contributed by atoms with Gasteiger partial charge in [-0.15, -0.1) is 0 Å². The molecule has 1 aliphatic heterocycles. The first kappa shape index (κ1) is 12.6. The topological polar surface area (TPSA) is 32.3 Å². The molecule has 1 fully saturated rings. The van der Waals surface area contributed by atoms with Crippen molar-refractivity contribution in [1.29, 1.82) is 0 Å². The molecule has 17 heavy (non-hydrogen) atoms. The molecule has 0 aliphatic carbocycles. The Labute approximate surface area is 110 Å². The molecular formula is C13H17BrN2O. The quantitative estimate of drug-likeness (QED) is 0.909. The van der Waals surface area contributed by atoms with E-state index in [4.69, 9.17) is 0 Å². The van der Waals surface area contributed by atoms with E-state index in [2.05, 4.69) is 21.2 Å². The molecule has 92 valence electrons. The Morgan fingerprint density at radius 1 is 1.53 bits per heavy atom. The molecule has 1 aromatic rings. The molecule has 3 nitrogen and oxygen atoms in total. The fraction of sp³-hybridized carbons (Fsp3) is 0.462. The lowest BCUT2D eigenvalue weighted by Gasteiger charge is -2.23. The number of amides is 1. The molecule has 1 saturated heterocycles. The minimum atomic E-state index is -0.0154. The van der Waals surface area contributed by atoms with Crippen LogP contribution in [0, 0.1) is 6.92 Å². The maximum atomic E-state index is 12.3. The number of carbonyl (C=O) groups excluding carboxylic acids is 1. The van der Waals surface area contributed by atoms with Gasteiger partial charge in [-0.3, -0.25) is 4.79 Å². The van der Waals surface area contributed by atoms with Crippen molar-refractivity contribution in [3.8, 4) is 0 Å². The summed E-state index contributed by atoms with van der Waals surface area (Å²) >= 11 is 3.44. The number of aryl methyl sites for hydroxylation is 1. The van der Waals surface area contributed by atoms with Crippen LogP contribution in [0.1, 0.15) is 18.4 Å². The highest BCUT2D eigenvalue weighted by Gasteiger charge is 2.26. The molecule has 0 aromatic heterocycles. The number of nitrogens with one attached hydrogen (secondary N) is 1. The molecule has 4 heteroatoms. The number of anilines is 1. The van der Waals surface area contributed by atoms with E-state index in [0.717, 1.165) is 35.1 Å². The third-order valence-electron chi connectivity index (χ3n) is 3.22. The molecule has 1 unspecified atom stereocenters. The summed E-state index contributed by atoms with van der Waals surface area (Å²) in [6.45, 7) is 2.97. The van der Waals surface area contributed by atoms with E-state index in [1.54, 1.807) is 4.90 Å². The summed E-state index contributed by atoms with van der Waals surface area (Å²) in [5.41, 5.74) is 2.08. The summed E-state index contributed by atoms with van der Waals surface area (Å²) in [6, 6.07) is 5.98. The third kappa shape index (κ3) is 2.69. The van der Waals surface area contributed by atoms with Gasteiger partial charge in [0.05, 0.1) is 6.04 Å². The number of benzene rings is 1. The molecule has 0 bridgehead atoms. The first-order valence-corrected chi connectivity index (χ1v) is 6.66. The predicted octanol–water partition coefficient (Wildman–Crippen LogP) is 2.47. The largest absolute Gasteiger partial charge is 0.314 e. The van der Waals surface area contributed by atoms with Gasteiger partial charge in [-0.25, -0.2) is 0 Å². The second-order valence-corrected chi connectivity index (χ2v) is 5.39. The third-order valence-corrected chi connectivity index (χ3v) is 3.71. The summed E-state index contributed by atoms with van der Waals surface area (Å²) in [7, 11) is 1.84. The van der Waals surface area contributed by atoms with Crippen molar-refractivity contribution in [3.05, 3.63) is 28.2 Å². The highest BCUT2D eigenvalue weighted by molar-refractivity contribution is 9.10. The van der Waals surface area contributed by atoms with Gasteiger partial charge in [-0.1, -0.05) is 22.0 Å². The van der Waals surface area contributed by atoms with Gasteiger partial charge in [0.2, 0.25) is 5.91 Å². The van der Waals surface area contributed by atoms with Gasteiger partial charge in [0.15, 0.2) is 0 Å². The summed E-state index contributed by atoms with van der Waals surface area (Å²) in [6.07, 6.45) is 2.03. The van der Waals surface area contributed by atoms with E-state index < -0.39 is 0 Å².